The third kappa shape index (κ3) is 2.80. The van der Waals surface area contributed by atoms with E-state index in [1.54, 1.807) is 0 Å². The van der Waals surface area contributed by atoms with Crippen LogP contribution in [0.15, 0.2) is 30.3 Å². The van der Waals surface area contributed by atoms with Gasteiger partial charge in [0.2, 0.25) is 15.9 Å². The molecule has 5 aliphatic rings. The third-order valence-corrected chi connectivity index (χ3v) is 12.9. The molecule has 1 aromatic carbocycles. The summed E-state index contributed by atoms with van der Waals surface area (Å²) in [5.74, 6) is 0.903. The molecule has 0 aromatic heterocycles. The van der Waals surface area contributed by atoms with Crippen molar-refractivity contribution in [2.45, 2.75) is 77.8 Å². The van der Waals surface area contributed by atoms with Gasteiger partial charge in [-0.2, -0.15) is 0 Å². The van der Waals surface area contributed by atoms with Crippen molar-refractivity contribution in [1.82, 2.24) is 9.21 Å². The predicted octanol–water partition coefficient (Wildman–Crippen LogP) is 4.61. The van der Waals surface area contributed by atoms with Crippen LogP contribution in [0.1, 0.15) is 77.3 Å². The van der Waals surface area contributed by atoms with Gasteiger partial charge in [0, 0.05) is 24.5 Å². The highest BCUT2D eigenvalue weighted by molar-refractivity contribution is 7.90. The molecule has 180 valence electrons. The van der Waals surface area contributed by atoms with E-state index in [-0.39, 0.29) is 40.5 Å². The highest BCUT2D eigenvalue weighted by Crippen LogP contribution is 2.70. The summed E-state index contributed by atoms with van der Waals surface area (Å²) in [6.07, 6.45) is 6.94. The summed E-state index contributed by atoms with van der Waals surface area (Å²) in [5.41, 5.74) is 0.461. The zero-order valence-electron chi connectivity index (χ0n) is 20.3. The van der Waals surface area contributed by atoms with E-state index in [0.717, 1.165) is 51.5 Å². The molecule has 33 heavy (non-hydrogen) atoms. The van der Waals surface area contributed by atoms with Gasteiger partial charge in [-0.3, -0.25) is 9.69 Å². The molecule has 0 radical (unpaired) electrons. The molecule has 5 fully saturated rings. The normalized spacial score (nSPS) is 41.7. The number of benzene rings is 1. The van der Waals surface area contributed by atoms with Gasteiger partial charge in [-0.1, -0.05) is 57.0 Å². The Hall–Kier alpha value is -1.40. The Balaban J connectivity index is 1.35. The minimum atomic E-state index is -3.58. The minimum absolute atomic E-state index is 0.00701. The van der Waals surface area contributed by atoms with Gasteiger partial charge in [0.25, 0.3) is 0 Å². The molecule has 3 saturated carbocycles. The number of carbonyl (C=O) groups is 1. The molecular weight excluding hydrogens is 432 g/mol. The highest BCUT2D eigenvalue weighted by Gasteiger charge is 2.73. The lowest BCUT2D eigenvalue weighted by atomic mass is 9.66. The van der Waals surface area contributed by atoms with E-state index in [4.69, 9.17) is 0 Å². The molecule has 5 nitrogen and oxygen atoms in total. The summed E-state index contributed by atoms with van der Waals surface area (Å²) in [4.78, 5) is 16.9. The standard InChI is InChI=1S/C27H38N2O3S/c1-19(20-9-5-4-6-10-20)28-16-22-11-7-8-13-26(22,17-28)24(30)29-23-15-21-12-14-27(23,25(21,2)3)18-33(29,31)32/h4-6,9-10,19,21-23H,7-8,11-18H2,1-3H3/t19-,21+,22?,23+,26?,27+/m0/s1. The van der Waals surface area contributed by atoms with Gasteiger partial charge in [-0.25, -0.2) is 12.7 Å². The number of hydrogen-bond donors (Lipinski definition) is 0. The molecule has 1 amide bonds. The number of likely N-dealkylation sites (tertiary alicyclic amines) is 1. The molecule has 1 spiro atoms. The molecule has 6 heteroatoms. The van der Waals surface area contributed by atoms with E-state index >= 15 is 0 Å². The molecule has 3 aliphatic carbocycles. The average molecular weight is 471 g/mol. The van der Waals surface area contributed by atoms with E-state index in [9.17, 15) is 13.2 Å². The van der Waals surface area contributed by atoms with Crippen molar-refractivity contribution in [2.24, 2.45) is 28.1 Å². The van der Waals surface area contributed by atoms with Gasteiger partial charge < -0.3 is 0 Å². The van der Waals surface area contributed by atoms with Crippen LogP contribution in [0.5, 0.6) is 0 Å². The minimum Gasteiger partial charge on any atom is -0.295 e. The fourth-order valence-corrected chi connectivity index (χ4v) is 11.5. The topological polar surface area (TPSA) is 57.7 Å². The third-order valence-electron chi connectivity index (χ3n) is 11.0. The van der Waals surface area contributed by atoms with Crippen molar-refractivity contribution in [3.8, 4) is 0 Å². The Morgan fingerprint density at radius 2 is 1.82 bits per heavy atom. The van der Waals surface area contributed by atoms with Crippen LogP contribution < -0.4 is 0 Å². The molecule has 6 rings (SSSR count). The largest absolute Gasteiger partial charge is 0.295 e. The first kappa shape index (κ1) is 22.1. The van der Waals surface area contributed by atoms with Crippen molar-refractivity contribution in [3.05, 3.63) is 35.9 Å². The van der Waals surface area contributed by atoms with Gasteiger partial charge in [0.1, 0.15) is 0 Å². The quantitative estimate of drug-likeness (QED) is 0.648. The Kier molecular flexibility index (Phi) is 4.73. The van der Waals surface area contributed by atoms with Crippen molar-refractivity contribution < 1.29 is 13.2 Å². The second-order valence-electron chi connectivity index (χ2n) is 12.3. The smallest absolute Gasteiger partial charge is 0.244 e. The zero-order valence-corrected chi connectivity index (χ0v) is 21.1. The molecule has 0 N–H and O–H groups in total. The first-order valence-electron chi connectivity index (χ1n) is 13.0. The Labute approximate surface area is 199 Å². The number of sulfonamides is 1. The Morgan fingerprint density at radius 3 is 2.55 bits per heavy atom. The van der Waals surface area contributed by atoms with Crippen LogP contribution in [0.4, 0.5) is 0 Å². The number of rotatable bonds is 3. The molecule has 2 heterocycles. The predicted molar refractivity (Wildman–Crippen MR) is 129 cm³/mol. The lowest BCUT2D eigenvalue weighted by Crippen LogP contribution is -2.54. The SMILES string of the molecule is C[C@@H](c1ccccc1)N1CC2CCCCC2(C(=O)N2[C@@H]3C[C@H]4CC[C@]3(CS2(=O)=O)C4(C)C)C1. The van der Waals surface area contributed by atoms with Crippen LogP contribution >= 0.6 is 0 Å². The summed E-state index contributed by atoms with van der Waals surface area (Å²) >= 11 is 0. The van der Waals surface area contributed by atoms with Gasteiger partial charge in [-0.05, 0) is 61.8 Å². The number of hydrogen-bond acceptors (Lipinski definition) is 4. The Bertz CT molecular complexity index is 1070. The van der Waals surface area contributed by atoms with Crippen LogP contribution in [0, 0.1) is 28.1 Å². The summed E-state index contributed by atoms with van der Waals surface area (Å²) in [6, 6.07) is 10.6. The van der Waals surface area contributed by atoms with E-state index < -0.39 is 15.4 Å². The van der Waals surface area contributed by atoms with Gasteiger partial charge >= 0.3 is 0 Å². The Morgan fingerprint density at radius 1 is 1.06 bits per heavy atom. The number of fused-ring (bicyclic) bond motifs is 2. The summed E-state index contributed by atoms with van der Waals surface area (Å²) in [6.45, 7) is 8.32. The van der Waals surface area contributed by atoms with E-state index in [1.807, 2.05) is 6.07 Å². The van der Waals surface area contributed by atoms with Crippen molar-refractivity contribution >= 4 is 15.9 Å². The van der Waals surface area contributed by atoms with Crippen LogP contribution in [-0.4, -0.2) is 48.4 Å². The van der Waals surface area contributed by atoms with Crippen molar-refractivity contribution in [2.75, 3.05) is 18.8 Å². The molecule has 2 unspecified atom stereocenters. The van der Waals surface area contributed by atoms with Crippen LogP contribution in [-0.2, 0) is 14.8 Å². The number of nitrogens with zero attached hydrogens (tertiary/aromatic N) is 2. The van der Waals surface area contributed by atoms with E-state index in [1.165, 1.54) is 9.87 Å². The molecule has 1 aromatic rings. The lowest BCUT2D eigenvalue weighted by Gasteiger charge is -2.42. The number of amides is 1. The van der Waals surface area contributed by atoms with Crippen molar-refractivity contribution in [3.63, 3.8) is 0 Å². The fraction of sp³-hybridized carbons (Fsp3) is 0.741. The fourth-order valence-electron chi connectivity index (χ4n) is 8.86. The summed E-state index contributed by atoms with van der Waals surface area (Å²) in [5, 5.41) is 0. The first-order valence-corrected chi connectivity index (χ1v) is 14.6. The highest BCUT2D eigenvalue weighted by atomic mass is 32.2. The molecular formula is C27H38N2O3S. The monoisotopic (exact) mass is 470 g/mol. The zero-order chi connectivity index (χ0) is 23.2. The van der Waals surface area contributed by atoms with Crippen LogP contribution in [0.3, 0.4) is 0 Å². The molecule has 2 aliphatic heterocycles. The molecule has 6 atom stereocenters. The lowest BCUT2D eigenvalue weighted by molar-refractivity contribution is -0.143. The molecule has 2 saturated heterocycles. The van der Waals surface area contributed by atoms with Gasteiger partial charge in [0.15, 0.2) is 0 Å². The van der Waals surface area contributed by atoms with Crippen LogP contribution in [0.2, 0.25) is 0 Å². The first-order chi connectivity index (χ1) is 15.6. The van der Waals surface area contributed by atoms with Gasteiger partial charge in [0.05, 0.1) is 17.2 Å². The summed E-state index contributed by atoms with van der Waals surface area (Å²) in [7, 11) is -3.58. The van der Waals surface area contributed by atoms with Crippen molar-refractivity contribution in [1.29, 1.82) is 0 Å². The summed E-state index contributed by atoms with van der Waals surface area (Å²) < 4.78 is 28.8. The van der Waals surface area contributed by atoms with Gasteiger partial charge in [-0.15, -0.1) is 0 Å². The maximum absolute atomic E-state index is 14.5. The van der Waals surface area contributed by atoms with E-state index in [0.29, 0.717) is 12.5 Å². The number of carbonyl (C=O) groups excluding carboxylic acids is 1. The van der Waals surface area contributed by atoms with Crippen LogP contribution in [0.25, 0.3) is 0 Å². The second-order valence-corrected chi connectivity index (χ2v) is 14.2. The maximum atomic E-state index is 14.5. The molecule has 2 bridgehead atoms. The van der Waals surface area contributed by atoms with E-state index in [2.05, 4.69) is 49.9 Å². The average Bonchev–Trinajstić information content (AvgIpc) is 3.44. The second kappa shape index (κ2) is 7.07. The maximum Gasteiger partial charge on any atom is 0.244 e.